The molecule has 1 aliphatic heterocycles. The number of imide groups is 2. The molecule has 148 valence electrons. The van der Waals surface area contributed by atoms with Crippen LogP contribution in [-0.4, -0.2) is 39.8 Å². The van der Waals surface area contributed by atoms with Gasteiger partial charge in [0.05, 0.1) is 5.56 Å². The minimum atomic E-state index is -1.34. The Bertz CT molecular complexity index is 831. The summed E-state index contributed by atoms with van der Waals surface area (Å²) in [6.45, 7) is 3.66. The van der Waals surface area contributed by atoms with Crippen LogP contribution in [-0.2, 0) is 9.59 Å². The van der Waals surface area contributed by atoms with E-state index in [1.54, 1.807) is 12.1 Å². The third-order valence-electron chi connectivity index (χ3n) is 4.97. The van der Waals surface area contributed by atoms with E-state index in [-0.39, 0.29) is 23.1 Å². The highest BCUT2D eigenvalue weighted by Gasteiger charge is 2.45. The van der Waals surface area contributed by atoms with E-state index >= 15 is 0 Å². The standard InChI is InChI=1S/C19H22N4O5/c1-11(21-22-16(25)13-9-5-6-10-14(13)24)15-17(26)20-19(28)23(18(15)27)12-7-3-2-4-8-12/h5-6,9-10,12,15,21,24H,1-4,7-8H2,(H,22,25)(H,20,26,28)/t15-/m0/s1. The van der Waals surface area contributed by atoms with Gasteiger partial charge in [-0.15, -0.1) is 0 Å². The molecule has 0 bridgehead atoms. The zero-order valence-electron chi connectivity index (χ0n) is 15.2. The van der Waals surface area contributed by atoms with Gasteiger partial charge in [0.2, 0.25) is 11.8 Å². The van der Waals surface area contributed by atoms with Crippen molar-refractivity contribution in [3.63, 3.8) is 0 Å². The first-order valence-corrected chi connectivity index (χ1v) is 9.11. The van der Waals surface area contributed by atoms with Crippen LogP contribution in [0.4, 0.5) is 4.79 Å². The number of nitrogens with zero attached hydrogens (tertiary/aromatic N) is 1. The number of rotatable bonds is 5. The highest BCUT2D eigenvalue weighted by molar-refractivity contribution is 6.17. The van der Waals surface area contributed by atoms with Crippen LogP contribution in [0.25, 0.3) is 0 Å². The van der Waals surface area contributed by atoms with Gasteiger partial charge in [-0.25, -0.2) is 4.79 Å². The number of phenols is 1. The average Bonchev–Trinajstić information content (AvgIpc) is 2.67. The van der Waals surface area contributed by atoms with Gasteiger partial charge in [-0.2, -0.15) is 0 Å². The Labute approximate surface area is 161 Å². The Morgan fingerprint density at radius 3 is 2.46 bits per heavy atom. The van der Waals surface area contributed by atoms with Crippen LogP contribution in [0.3, 0.4) is 0 Å². The molecule has 0 unspecified atom stereocenters. The molecular weight excluding hydrogens is 364 g/mol. The fourth-order valence-electron chi connectivity index (χ4n) is 3.52. The van der Waals surface area contributed by atoms with E-state index < -0.39 is 29.7 Å². The molecule has 2 fully saturated rings. The number of nitrogens with one attached hydrogen (secondary N) is 3. The maximum absolute atomic E-state index is 12.8. The number of para-hydroxylation sites is 1. The van der Waals surface area contributed by atoms with Crippen molar-refractivity contribution in [2.45, 2.75) is 38.1 Å². The average molecular weight is 386 g/mol. The lowest BCUT2D eigenvalue weighted by Gasteiger charge is -2.37. The fraction of sp³-hybridized carbons (Fsp3) is 0.368. The molecule has 3 rings (SSSR count). The molecule has 1 aromatic carbocycles. The smallest absolute Gasteiger partial charge is 0.331 e. The van der Waals surface area contributed by atoms with Gasteiger partial charge in [-0.3, -0.25) is 30.0 Å². The normalized spacial score (nSPS) is 20.5. The monoisotopic (exact) mass is 386 g/mol. The molecule has 9 heteroatoms. The lowest BCUT2D eigenvalue weighted by molar-refractivity contribution is -0.143. The molecule has 9 nitrogen and oxygen atoms in total. The summed E-state index contributed by atoms with van der Waals surface area (Å²) < 4.78 is 0. The Kier molecular flexibility index (Phi) is 5.62. The van der Waals surface area contributed by atoms with Crippen molar-refractivity contribution in [2.24, 2.45) is 5.92 Å². The zero-order chi connectivity index (χ0) is 20.3. The second kappa shape index (κ2) is 8.12. The van der Waals surface area contributed by atoms with Gasteiger partial charge in [0.1, 0.15) is 5.75 Å². The summed E-state index contributed by atoms with van der Waals surface area (Å²) in [5, 5.41) is 11.9. The van der Waals surface area contributed by atoms with E-state index in [0.29, 0.717) is 12.8 Å². The Morgan fingerprint density at radius 2 is 1.79 bits per heavy atom. The lowest BCUT2D eigenvalue weighted by Crippen LogP contribution is -2.62. The van der Waals surface area contributed by atoms with E-state index in [2.05, 4.69) is 22.7 Å². The van der Waals surface area contributed by atoms with E-state index in [1.807, 2.05) is 0 Å². The number of benzene rings is 1. The topological polar surface area (TPSA) is 128 Å². The molecule has 1 aromatic rings. The van der Waals surface area contributed by atoms with E-state index in [9.17, 15) is 24.3 Å². The number of carbonyl (C=O) groups is 4. The first-order valence-electron chi connectivity index (χ1n) is 9.11. The van der Waals surface area contributed by atoms with Crippen LogP contribution in [0.15, 0.2) is 36.5 Å². The number of carbonyl (C=O) groups excluding carboxylic acids is 4. The minimum absolute atomic E-state index is 0.0150. The summed E-state index contributed by atoms with van der Waals surface area (Å²) in [6, 6.07) is 4.95. The number of aromatic hydroxyl groups is 1. The summed E-state index contributed by atoms with van der Waals surface area (Å²) in [6.07, 6.45) is 4.27. The molecule has 1 saturated heterocycles. The fourth-order valence-corrected chi connectivity index (χ4v) is 3.52. The van der Waals surface area contributed by atoms with Crippen molar-refractivity contribution >= 4 is 23.8 Å². The first-order chi connectivity index (χ1) is 13.4. The quantitative estimate of drug-likeness (QED) is 0.444. The van der Waals surface area contributed by atoms with Crippen molar-refractivity contribution in [1.82, 2.24) is 21.1 Å². The number of phenolic OH excluding ortho intramolecular Hbond substituents is 1. The van der Waals surface area contributed by atoms with Crippen molar-refractivity contribution in [1.29, 1.82) is 0 Å². The number of hydrogen-bond acceptors (Lipinski definition) is 6. The van der Waals surface area contributed by atoms with Crippen molar-refractivity contribution in [3.05, 3.63) is 42.1 Å². The van der Waals surface area contributed by atoms with Crippen LogP contribution < -0.4 is 16.2 Å². The van der Waals surface area contributed by atoms with Crippen LogP contribution in [0, 0.1) is 5.92 Å². The summed E-state index contributed by atoms with van der Waals surface area (Å²) in [7, 11) is 0. The van der Waals surface area contributed by atoms with Gasteiger partial charge in [0.25, 0.3) is 5.91 Å². The summed E-state index contributed by atoms with van der Waals surface area (Å²) in [4.78, 5) is 50.5. The molecule has 1 atom stereocenters. The van der Waals surface area contributed by atoms with Crippen molar-refractivity contribution < 1.29 is 24.3 Å². The maximum Gasteiger partial charge on any atom is 0.331 e. The number of hydrazine groups is 1. The molecule has 0 aromatic heterocycles. The van der Waals surface area contributed by atoms with E-state index in [4.69, 9.17) is 0 Å². The SMILES string of the molecule is C=C(NNC(=O)c1ccccc1O)[C@H]1C(=O)NC(=O)N(C2CCCCC2)C1=O. The van der Waals surface area contributed by atoms with Crippen LogP contribution in [0.1, 0.15) is 42.5 Å². The largest absolute Gasteiger partial charge is 0.507 e. The third-order valence-corrected chi connectivity index (χ3v) is 4.97. The van der Waals surface area contributed by atoms with E-state index in [0.717, 1.165) is 24.2 Å². The van der Waals surface area contributed by atoms with Gasteiger partial charge in [0.15, 0.2) is 5.92 Å². The van der Waals surface area contributed by atoms with Gasteiger partial charge in [0, 0.05) is 11.7 Å². The molecule has 5 amide bonds. The Balaban J connectivity index is 1.68. The molecule has 28 heavy (non-hydrogen) atoms. The van der Waals surface area contributed by atoms with Crippen molar-refractivity contribution in [3.8, 4) is 5.75 Å². The van der Waals surface area contributed by atoms with Gasteiger partial charge in [-0.05, 0) is 25.0 Å². The Morgan fingerprint density at radius 1 is 1.11 bits per heavy atom. The summed E-state index contributed by atoms with van der Waals surface area (Å²) >= 11 is 0. The molecular formula is C19H22N4O5. The summed E-state index contributed by atoms with van der Waals surface area (Å²) in [5.74, 6) is -3.67. The van der Waals surface area contributed by atoms with E-state index in [1.165, 1.54) is 12.1 Å². The molecule has 2 aliphatic rings. The molecule has 4 N–H and O–H groups in total. The highest BCUT2D eigenvalue weighted by Crippen LogP contribution is 2.27. The molecule has 0 radical (unpaired) electrons. The van der Waals surface area contributed by atoms with Gasteiger partial charge < -0.3 is 10.5 Å². The number of barbiturate groups is 1. The van der Waals surface area contributed by atoms with Gasteiger partial charge >= 0.3 is 6.03 Å². The van der Waals surface area contributed by atoms with Crippen LogP contribution in [0.5, 0.6) is 5.75 Å². The van der Waals surface area contributed by atoms with Crippen LogP contribution in [0.2, 0.25) is 0 Å². The maximum atomic E-state index is 12.8. The predicted molar refractivity (Wildman–Crippen MR) is 98.6 cm³/mol. The zero-order valence-corrected chi connectivity index (χ0v) is 15.2. The molecule has 0 spiro atoms. The highest BCUT2D eigenvalue weighted by atomic mass is 16.3. The molecule has 1 saturated carbocycles. The Hall–Kier alpha value is -3.36. The van der Waals surface area contributed by atoms with Crippen molar-refractivity contribution in [2.75, 3.05) is 0 Å². The molecule has 1 aliphatic carbocycles. The van der Waals surface area contributed by atoms with Crippen LogP contribution >= 0.6 is 0 Å². The second-order valence-corrected chi connectivity index (χ2v) is 6.85. The minimum Gasteiger partial charge on any atom is -0.507 e. The summed E-state index contributed by atoms with van der Waals surface area (Å²) in [5.41, 5.74) is 4.70. The first kappa shape index (κ1) is 19.4. The van der Waals surface area contributed by atoms with Gasteiger partial charge in [-0.1, -0.05) is 38.0 Å². The molecule has 1 heterocycles. The predicted octanol–water partition coefficient (Wildman–Crippen LogP) is 1.17. The lowest BCUT2D eigenvalue weighted by atomic mass is 9.92. The number of hydrogen-bond donors (Lipinski definition) is 4. The third kappa shape index (κ3) is 3.83. The number of urea groups is 1. The second-order valence-electron chi connectivity index (χ2n) is 6.85. The number of amides is 5.